The first-order valence-corrected chi connectivity index (χ1v) is 8.83. The van der Waals surface area contributed by atoms with Crippen molar-refractivity contribution < 1.29 is 4.79 Å². The van der Waals surface area contributed by atoms with Crippen molar-refractivity contribution in [2.75, 3.05) is 6.54 Å². The Balaban J connectivity index is 2.29. The van der Waals surface area contributed by atoms with E-state index in [1.807, 2.05) is 11.8 Å². The third kappa shape index (κ3) is 4.21. The Morgan fingerprint density at radius 1 is 1.30 bits per heavy atom. The van der Waals surface area contributed by atoms with E-state index in [0.29, 0.717) is 24.1 Å². The van der Waals surface area contributed by atoms with Gasteiger partial charge in [-0.25, -0.2) is 4.68 Å². The van der Waals surface area contributed by atoms with Crippen LogP contribution in [0.5, 0.6) is 0 Å². The zero-order valence-electron chi connectivity index (χ0n) is 14.8. The summed E-state index contributed by atoms with van der Waals surface area (Å²) in [7, 11) is 0. The van der Waals surface area contributed by atoms with Crippen LogP contribution in [0, 0.1) is 11.8 Å². The minimum atomic E-state index is -0.145. The smallest absolute Gasteiger partial charge is 0.274 e. The molecule has 0 spiro atoms. The van der Waals surface area contributed by atoms with E-state index >= 15 is 0 Å². The Morgan fingerprint density at radius 3 is 2.70 bits per heavy atom. The summed E-state index contributed by atoms with van der Waals surface area (Å²) in [5.74, 6) is 1.03. The van der Waals surface area contributed by atoms with Gasteiger partial charge >= 0.3 is 0 Å². The standard InChI is InChI=1S/C18H29N3O2/c1-5-11-21-17(22)9-7-15(19-21)18(23)20-12-10-14(4)6-8-16(20)13(2)3/h7,9,13-14,16H,5-6,8,10-12H2,1-4H3/t14-,16+/m1/s1. The minimum absolute atomic E-state index is 0.0392. The first-order valence-electron chi connectivity index (χ1n) is 8.83. The summed E-state index contributed by atoms with van der Waals surface area (Å²) >= 11 is 0. The van der Waals surface area contributed by atoms with Crippen LogP contribution in [0.4, 0.5) is 0 Å². The molecule has 0 N–H and O–H groups in total. The highest BCUT2D eigenvalue weighted by atomic mass is 16.2. The highest BCUT2D eigenvalue weighted by Crippen LogP contribution is 2.26. The van der Waals surface area contributed by atoms with Crippen molar-refractivity contribution in [1.29, 1.82) is 0 Å². The molecule has 5 heteroatoms. The summed E-state index contributed by atoms with van der Waals surface area (Å²) in [6, 6.07) is 3.28. The Morgan fingerprint density at radius 2 is 2.04 bits per heavy atom. The molecule has 5 nitrogen and oxygen atoms in total. The zero-order chi connectivity index (χ0) is 17.0. The second kappa shape index (κ2) is 7.75. The molecular formula is C18H29N3O2. The van der Waals surface area contributed by atoms with Gasteiger partial charge in [0.25, 0.3) is 11.5 Å². The van der Waals surface area contributed by atoms with Crippen LogP contribution in [0.15, 0.2) is 16.9 Å². The molecule has 0 aliphatic carbocycles. The maximum Gasteiger partial charge on any atom is 0.274 e. The number of nitrogens with zero attached hydrogens (tertiary/aromatic N) is 3. The largest absolute Gasteiger partial charge is 0.334 e. The van der Waals surface area contributed by atoms with Crippen LogP contribution in [-0.2, 0) is 6.54 Å². The highest BCUT2D eigenvalue weighted by molar-refractivity contribution is 5.92. The summed E-state index contributed by atoms with van der Waals surface area (Å²) < 4.78 is 1.40. The van der Waals surface area contributed by atoms with E-state index in [4.69, 9.17) is 0 Å². The monoisotopic (exact) mass is 319 g/mol. The molecule has 1 aliphatic heterocycles. The van der Waals surface area contributed by atoms with Crippen LogP contribution in [0.2, 0.25) is 0 Å². The molecule has 1 saturated heterocycles. The number of carbonyl (C=O) groups excluding carboxylic acids is 1. The van der Waals surface area contributed by atoms with E-state index in [-0.39, 0.29) is 17.5 Å². The molecule has 0 aromatic carbocycles. The van der Waals surface area contributed by atoms with E-state index in [0.717, 1.165) is 32.2 Å². The second-order valence-corrected chi connectivity index (χ2v) is 7.06. The summed E-state index contributed by atoms with van der Waals surface area (Å²) in [5, 5.41) is 4.29. The molecule has 1 aromatic rings. The normalized spacial score (nSPS) is 22.2. The minimum Gasteiger partial charge on any atom is -0.334 e. The number of rotatable bonds is 4. The Labute approximate surface area is 138 Å². The van der Waals surface area contributed by atoms with Gasteiger partial charge in [-0.15, -0.1) is 0 Å². The van der Waals surface area contributed by atoms with Gasteiger partial charge in [0.1, 0.15) is 5.69 Å². The fourth-order valence-electron chi connectivity index (χ4n) is 3.31. The predicted octanol–water partition coefficient (Wildman–Crippen LogP) is 2.94. The second-order valence-electron chi connectivity index (χ2n) is 7.06. The number of carbonyl (C=O) groups is 1. The average molecular weight is 319 g/mol. The lowest BCUT2D eigenvalue weighted by Gasteiger charge is -2.32. The molecule has 0 bridgehead atoms. The topological polar surface area (TPSA) is 55.2 Å². The fraction of sp³-hybridized carbons (Fsp3) is 0.722. The zero-order valence-corrected chi connectivity index (χ0v) is 14.8. The lowest BCUT2D eigenvalue weighted by molar-refractivity contribution is 0.0622. The third-order valence-corrected chi connectivity index (χ3v) is 4.77. The molecule has 0 saturated carbocycles. The van der Waals surface area contributed by atoms with E-state index < -0.39 is 0 Å². The molecule has 23 heavy (non-hydrogen) atoms. The Bertz CT molecular complexity index is 594. The number of hydrogen-bond acceptors (Lipinski definition) is 3. The van der Waals surface area contributed by atoms with Gasteiger partial charge in [0.2, 0.25) is 0 Å². The molecule has 1 aliphatic rings. The number of aryl methyl sites for hydroxylation is 1. The van der Waals surface area contributed by atoms with Crippen molar-refractivity contribution in [3.05, 3.63) is 28.2 Å². The van der Waals surface area contributed by atoms with Crippen molar-refractivity contribution in [3.63, 3.8) is 0 Å². The maximum atomic E-state index is 13.0. The van der Waals surface area contributed by atoms with Crippen LogP contribution in [-0.4, -0.2) is 33.2 Å². The van der Waals surface area contributed by atoms with Crippen LogP contribution in [0.25, 0.3) is 0 Å². The summed E-state index contributed by atoms with van der Waals surface area (Å²) in [6.07, 6.45) is 4.05. The lowest BCUT2D eigenvalue weighted by atomic mass is 9.95. The molecule has 1 fully saturated rings. The molecule has 2 rings (SSSR count). The number of likely N-dealkylation sites (tertiary alicyclic amines) is 1. The quantitative estimate of drug-likeness (QED) is 0.857. The molecule has 128 valence electrons. The summed E-state index contributed by atoms with van der Waals surface area (Å²) in [4.78, 5) is 26.8. The highest BCUT2D eigenvalue weighted by Gasteiger charge is 2.30. The molecule has 2 heterocycles. The lowest BCUT2D eigenvalue weighted by Crippen LogP contribution is -2.43. The summed E-state index contributed by atoms with van der Waals surface area (Å²) in [5.41, 5.74) is 0.242. The van der Waals surface area contributed by atoms with Gasteiger partial charge in [-0.1, -0.05) is 27.7 Å². The van der Waals surface area contributed by atoms with Crippen LogP contribution in [0.1, 0.15) is 63.9 Å². The number of amides is 1. The Kier molecular flexibility index (Phi) is 5.97. The van der Waals surface area contributed by atoms with Crippen LogP contribution >= 0.6 is 0 Å². The van der Waals surface area contributed by atoms with Crippen molar-refractivity contribution >= 4 is 5.91 Å². The van der Waals surface area contributed by atoms with E-state index in [9.17, 15) is 9.59 Å². The number of aromatic nitrogens is 2. The molecule has 0 unspecified atom stereocenters. The van der Waals surface area contributed by atoms with Gasteiger partial charge < -0.3 is 4.90 Å². The fourth-order valence-corrected chi connectivity index (χ4v) is 3.31. The SMILES string of the molecule is CCCn1nc(C(=O)N2CC[C@H](C)CC[C@H]2C(C)C)ccc1=O. The molecule has 1 amide bonds. The first-order chi connectivity index (χ1) is 10.9. The van der Waals surface area contributed by atoms with Crippen molar-refractivity contribution in [3.8, 4) is 0 Å². The maximum absolute atomic E-state index is 13.0. The van der Waals surface area contributed by atoms with Crippen LogP contribution in [0.3, 0.4) is 0 Å². The average Bonchev–Trinajstić information content (AvgIpc) is 2.71. The van der Waals surface area contributed by atoms with E-state index in [2.05, 4.69) is 25.9 Å². The summed E-state index contributed by atoms with van der Waals surface area (Å²) in [6.45, 7) is 9.92. The number of hydrogen-bond donors (Lipinski definition) is 0. The van der Waals surface area contributed by atoms with E-state index in [1.54, 1.807) is 6.07 Å². The van der Waals surface area contributed by atoms with Gasteiger partial charge in [0.15, 0.2) is 0 Å². The predicted molar refractivity (Wildman–Crippen MR) is 91.5 cm³/mol. The molecule has 0 radical (unpaired) electrons. The molecular weight excluding hydrogens is 290 g/mol. The van der Waals surface area contributed by atoms with Crippen molar-refractivity contribution in [2.45, 2.75) is 66.0 Å². The Hall–Kier alpha value is -1.65. The van der Waals surface area contributed by atoms with Gasteiger partial charge in [-0.3, -0.25) is 9.59 Å². The van der Waals surface area contributed by atoms with Gasteiger partial charge in [0, 0.05) is 25.2 Å². The van der Waals surface area contributed by atoms with Gasteiger partial charge in [-0.05, 0) is 43.6 Å². The first kappa shape index (κ1) is 17.7. The molecule has 1 aromatic heterocycles. The van der Waals surface area contributed by atoms with Gasteiger partial charge in [0.05, 0.1) is 0 Å². The van der Waals surface area contributed by atoms with Crippen LogP contribution < -0.4 is 5.56 Å². The third-order valence-electron chi connectivity index (χ3n) is 4.77. The van der Waals surface area contributed by atoms with E-state index in [1.165, 1.54) is 10.7 Å². The van der Waals surface area contributed by atoms with Crippen molar-refractivity contribution in [1.82, 2.24) is 14.7 Å². The molecule has 2 atom stereocenters. The van der Waals surface area contributed by atoms with Crippen molar-refractivity contribution in [2.24, 2.45) is 11.8 Å². The van der Waals surface area contributed by atoms with Gasteiger partial charge in [-0.2, -0.15) is 5.10 Å².